The zero-order valence-electron chi connectivity index (χ0n) is 15.2. The van der Waals surface area contributed by atoms with Crippen molar-refractivity contribution >= 4 is 39.6 Å². The van der Waals surface area contributed by atoms with E-state index in [2.05, 4.69) is 78.1 Å². The van der Waals surface area contributed by atoms with Crippen LogP contribution in [0.3, 0.4) is 0 Å². The van der Waals surface area contributed by atoms with Crippen LogP contribution in [0.5, 0.6) is 0 Å². The van der Waals surface area contributed by atoms with Crippen molar-refractivity contribution in [1.82, 2.24) is 0 Å². The van der Waals surface area contributed by atoms with E-state index >= 15 is 0 Å². The molecule has 0 N–H and O–H groups in total. The maximum atomic E-state index is 7.58. The average molecular weight is 343 g/mol. The van der Waals surface area contributed by atoms with Crippen molar-refractivity contribution < 1.29 is 4.57 Å². The lowest BCUT2D eigenvalue weighted by Crippen LogP contribution is -2.54. The van der Waals surface area contributed by atoms with Crippen molar-refractivity contribution in [3.63, 3.8) is 0 Å². The molecule has 0 unspecified atom stereocenters. The van der Waals surface area contributed by atoms with Crippen molar-refractivity contribution in [2.24, 2.45) is 7.05 Å². The van der Waals surface area contributed by atoms with Crippen LogP contribution in [0.2, 0.25) is 0 Å². The number of hydrogen-bond acceptors (Lipinski definition) is 0. The molecule has 6 rings (SSSR count). The Morgan fingerprint density at radius 3 is 2.67 bits per heavy atom. The summed E-state index contributed by atoms with van der Waals surface area (Å²) in [6.07, 6.45) is 2.12. The lowest BCUT2D eigenvalue weighted by molar-refractivity contribution is -0.659. The molecule has 2 nitrogen and oxygen atoms in total. The SMILES string of the molecule is [C-]#[N+]c1cc2c3c([n+](C)ccc3c1)-c1c(C)ccc3c1B2c1ccccc1-3. The summed E-state index contributed by atoms with van der Waals surface area (Å²) in [5.74, 6) is 0. The summed E-state index contributed by atoms with van der Waals surface area (Å²) in [6.45, 7) is 10.0. The van der Waals surface area contributed by atoms with E-state index in [-0.39, 0.29) is 6.71 Å². The fourth-order valence-electron chi connectivity index (χ4n) is 5.16. The van der Waals surface area contributed by atoms with Gasteiger partial charge < -0.3 is 0 Å². The Morgan fingerprint density at radius 2 is 1.81 bits per heavy atom. The minimum absolute atomic E-state index is 0.213. The van der Waals surface area contributed by atoms with E-state index in [0.29, 0.717) is 0 Å². The summed E-state index contributed by atoms with van der Waals surface area (Å²) < 4.78 is 2.24. The molecule has 0 amide bonds. The molecule has 0 saturated carbocycles. The van der Waals surface area contributed by atoms with Gasteiger partial charge in [0, 0.05) is 17.0 Å². The molecule has 0 radical (unpaired) electrons. The van der Waals surface area contributed by atoms with Crippen LogP contribution in [0.25, 0.3) is 38.0 Å². The number of aromatic nitrogens is 1. The largest absolute Gasteiger partial charge is 0.243 e. The number of nitrogens with zero attached hydrogens (tertiary/aromatic N) is 2. The molecule has 2 aliphatic heterocycles. The summed E-state index contributed by atoms with van der Waals surface area (Å²) in [7, 11) is 2.13. The molecular formula is C24H16BN2+. The Kier molecular flexibility index (Phi) is 2.66. The number of benzene rings is 3. The fourth-order valence-corrected chi connectivity index (χ4v) is 5.16. The summed E-state index contributed by atoms with van der Waals surface area (Å²) in [5.41, 5.74) is 11.4. The van der Waals surface area contributed by atoms with Crippen LogP contribution in [0.15, 0.2) is 60.8 Å². The van der Waals surface area contributed by atoms with Crippen LogP contribution in [-0.2, 0) is 7.05 Å². The van der Waals surface area contributed by atoms with Crippen LogP contribution < -0.4 is 21.0 Å². The van der Waals surface area contributed by atoms with E-state index in [1.54, 1.807) is 0 Å². The third-order valence-electron chi connectivity index (χ3n) is 6.23. The van der Waals surface area contributed by atoms with Crippen molar-refractivity contribution in [3.05, 3.63) is 77.8 Å². The van der Waals surface area contributed by atoms with Gasteiger partial charge in [-0.1, -0.05) is 53.4 Å². The van der Waals surface area contributed by atoms with Gasteiger partial charge in [0.05, 0.1) is 6.57 Å². The Hall–Kier alpha value is -3.38. The van der Waals surface area contributed by atoms with E-state index in [1.165, 1.54) is 49.7 Å². The van der Waals surface area contributed by atoms with Gasteiger partial charge in [-0.25, -0.2) is 9.41 Å². The highest BCUT2D eigenvalue weighted by Crippen LogP contribution is 2.37. The molecule has 1 aromatic heterocycles. The first kappa shape index (κ1) is 14.8. The minimum Gasteiger partial charge on any atom is -0.238 e. The number of hydrogen-bond donors (Lipinski definition) is 0. The summed E-state index contributed by atoms with van der Waals surface area (Å²) in [6, 6.07) is 19.6. The highest BCUT2D eigenvalue weighted by atomic mass is 14.9. The molecule has 3 heteroatoms. The molecule has 0 spiro atoms. The van der Waals surface area contributed by atoms with Gasteiger partial charge in [-0.3, -0.25) is 0 Å². The molecule has 27 heavy (non-hydrogen) atoms. The topological polar surface area (TPSA) is 8.24 Å². The molecule has 0 aliphatic carbocycles. The summed E-state index contributed by atoms with van der Waals surface area (Å²) >= 11 is 0. The van der Waals surface area contributed by atoms with Crippen molar-refractivity contribution in [3.8, 4) is 22.4 Å². The Morgan fingerprint density at radius 1 is 0.963 bits per heavy atom. The number of pyridine rings is 1. The predicted octanol–water partition coefficient (Wildman–Crippen LogP) is 3.00. The summed E-state index contributed by atoms with van der Waals surface area (Å²) in [5, 5.41) is 2.45. The van der Waals surface area contributed by atoms with E-state index in [4.69, 9.17) is 6.57 Å². The molecule has 4 aromatic rings. The van der Waals surface area contributed by atoms with Gasteiger partial charge in [0.1, 0.15) is 7.05 Å². The van der Waals surface area contributed by atoms with Gasteiger partial charge in [-0.2, -0.15) is 0 Å². The Bertz CT molecular complexity index is 1360. The monoisotopic (exact) mass is 343 g/mol. The Labute approximate surface area is 158 Å². The average Bonchev–Trinajstić information content (AvgIpc) is 3.03. The predicted molar refractivity (Wildman–Crippen MR) is 112 cm³/mol. The van der Waals surface area contributed by atoms with Crippen LogP contribution in [0, 0.1) is 13.5 Å². The Balaban J connectivity index is 1.91. The van der Waals surface area contributed by atoms with Crippen molar-refractivity contribution in [1.29, 1.82) is 0 Å². The first-order valence-corrected chi connectivity index (χ1v) is 9.26. The van der Waals surface area contributed by atoms with Gasteiger partial charge >= 0.3 is 0 Å². The van der Waals surface area contributed by atoms with E-state index in [9.17, 15) is 0 Å². The molecule has 0 bridgehead atoms. The van der Waals surface area contributed by atoms with Crippen molar-refractivity contribution in [2.45, 2.75) is 6.92 Å². The van der Waals surface area contributed by atoms with Gasteiger partial charge in [0.15, 0.2) is 11.9 Å². The third-order valence-corrected chi connectivity index (χ3v) is 6.23. The second-order valence-electron chi connectivity index (χ2n) is 7.63. The lowest BCUT2D eigenvalue weighted by atomic mass is 9.36. The van der Waals surface area contributed by atoms with Crippen LogP contribution in [0.4, 0.5) is 5.69 Å². The molecular weight excluding hydrogens is 327 g/mol. The second kappa shape index (κ2) is 4.87. The maximum Gasteiger partial charge on any atom is 0.243 e. The van der Waals surface area contributed by atoms with Crippen molar-refractivity contribution in [2.75, 3.05) is 0 Å². The van der Waals surface area contributed by atoms with Gasteiger partial charge in [0.2, 0.25) is 12.4 Å². The molecule has 0 atom stereocenters. The van der Waals surface area contributed by atoms with Crippen LogP contribution in [-0.4, -0.2) is 6.71 Å². The standard InChI is InChI=1S/C24H16BN2/c1-14-8-9-18-17-6-4-5-7-19(17)25-20-13-16(26-2)12-15-10-11-27(3)24(22(15)20)21(14)23(18)25/h4-13H,1,3H3/q+1. The zero-order valence-corrected chi connectivity index (χ0v) is 15.2. The normalized spacial score (nSPS) is 12.7. The highest BCUT2D eigenvalue weighted by Gasteiger charge is 2.43. The van der Waals surface area contributed by atoms with Gasteiger partial charge in [-0.05, 0) is 40.5 Å². The van der Waals surface area contributed by atoms with E-state index in [0.717, 1.165) is 11.1 Å². The van der Waals surface area contributed by atoms with Crippen LogP contribution in [0.1, 0.15) is 5.56 Å². The van der Waals surface area contributed by atoms with E-state index < -0.39 is 0 Å². The third kappa shape index (κ3) is 1.68. The highest BCUT2D eigenvalue weighted by molar-refractivity contribution is 7.02. The smallest absolute Gasteiger partial charge is 0.238 e. The zero-order chi connectivity index (χ0) is 18.3. The molecule has 2 aliphatic rings. The minimum atomic E-state index is 0.213. The van der Waals surface area contributed by atoms with E-state index in [1.807, 2.05) is 6.07 Å². The molecule has 3 heterocycles. The number of fused-ring (bicyclic) bond motifs is 5. The maximum absolute atomic E-state index is 7.58. The second-order valence-corrected chi connectivity index (χ2v) is 7.63. The number of rotatable bonds is 0. The quantitative estimate of drug-likeness (QED) is 0.228. The first-order valence-electron chi connectivity index (χ1n) is 9.26. The fraction of sp³-hybridized carbons (Fsp3) is 0.0833. The number of aryl methyl sites for hydroxylation is 2. The lowest BCUT2D eigenvalue weighted by Gasteiger charge is -2.24. The van der Waals surface area contributed by atoms with Crippen LogP contribution >= 0.6 is 0 Å². The molecule has 124 valence electrons. The van der Waals surface area contributed by atoms with Gasteiger partial charge in [-0.15, -0.1) is 0 Å². The molecule has 0 fully saturated rings. The van der Waals surface area contributed by atoms with Gasteiger partial charge in [0.25, 0.3) is 0 Å². The summed E-state index contributed by atoms with van der Waals surface area (Å²) in [4.78, 5) is 3.76. The molecule has 0 saturated heterocycles. The first-order chi connectivity index (χ1) is 13.2. The molecule has 3 aromatic carbocycles.